The molecule has 2 rings (SSSR count). The van der Waals surface area contributed by atoms with E-state index in [9.17, 15) is 18.4 Å². The lowest BCUT2D eigenvalue weighted by atomic mass is 10.1. The van der Waals surface area contributed by atoms with Gasteiger partial charge in [0, 0.05) is 0 Å². The fourth-order valence-corrected chi connectivity index (χ4v) is 2.00. The molecular weight excluding hydrogens is 316 g/mol. The summed E-state index contributed by atoms with van der Waals surface area (Å²) in [5.41, 5.74) is 0.786. The number of benzene rings is 2. The molecule has 24 heavy (non-hydrogen) atoms. The molecule has 4 nitrogen and oxygen atoms in total. The number of para-hydroxylation sites is 1. The van der Waals surface area contributed by atoms with Crippen molar-refractivity contribution in [2.75, 3.05) is 5.32 Å². The van der Waals surface area contributed by atoms with E-state index in [1.165, 1.54) is 13.0 Å². The molecule has 0 aliphatic rings. The predicted octanol–water partition coefficient (Wildman–Crippen LogP) is 3.71. The Bertz CT molecular complexity index is 724. The van der Waals surface area contributed by atoms with E-state index in [-0.39, 0.29) is 0 Å². The molecule has 2 aromatic rings. The highest BCUT2D eigenvalue weighted by atomic mass is 19.1. The summed E-state index contributed by atoms with van der Waals surface area (Å²) < 4.78 is 32.0. The maximum Gasteiger partial charge on any atom is 0.338 e. The first-order valence-electron chi connectivity index (χ1n) is 7.47. The number of rotatable bonds is 5. The lowest BCUT2D eigenvalue weighted by molar-refractivity contribution is -0.123. The van der Waals surface area contributed by atoms with Crippen LogP contribution in [-0.2, 0) is 16.0 Å². The number of hydrogen-bond donors (Lipinski definition) is 1. The standard InChI is InChI=1S/C18H17F2NO3/c1-3-12-7-9-13(10-8-12)18(23)24-11(2)17(22)21-16-14(19)5-4-6-15(16)20/h4-11H,3H2,1-2H3,(H,21,22). The van der Waals surface area contributed by atoms with E-state index < -0.39 is 35.3 Å². The molecule has 0 aliphatic carbocycles. The van der Waals surface area contributed by atoms with Gasteiger partial charge in [0.05, 0.1) is 5.56 Å². The summed E-state index contributed by atoms with van der Waals surface area (Å²) in [7, 11) is 0. The fourth-order valence-electron chi connectivity index (χ4n) is 2.00. The van der Waals surface area contributed by atoms with Gasteiger partial charge in [-0.25, -0.2) is 13.6 Å². The highest BCUT2D eigenvalue weighted by Crippen LogP contribution is 2.18. The first kappa shape index (κ1) is 17.6. The molecule has 0 aromatic heterocycles. The molecule has 0 radical (unpaired) electrons. The summed E-state index contributed by atoms with van der Waals surface area (Å²) >= 11 is 0. The van der Waals surface area contributed by atoms with E-state index >= 15 is 0 Å². The highest BCUT2D eigenvalue weighted by Gasteiger charge is 2.21. The molecule has 0 fully saturated rings. The van der Waals surface area contributed by atoms with Gasteiger partial charge in [0.15, 0.2) is 6.10 Å². The summed E-state index contributed by atoms with van der Waals surface area (Å²) in [4.78, 5) is 24.0. The quantitative estimate of drug-likeness (QED) is 0.849. The Morgan fingerprint density at radius 2 is 1.67 bits per heavy atom. The molecule has 1 atom stereocenters. The van der Waals surface area contributed by atoms with Gasteiger partial charge in [-0.2, -0.15) is 0 Å². The normalized spacial score (nSPS) is 11.7. The Hall–Kier alpha value is -2.76. The van der Waals surface area contributed by atoms with Crippen LogP contribution in [0.15, 0.2) is 42.5 Å². The lowest BCUT2D eigenvalue weighted by Crippen LogP contribution is -2.30. The average Bonchev–Trinajstić information content (AvgIpc) is 2.58. The fraction of sp³-hybridized carbons (Fsp3) is 0.222. The third-order valence-electron chi connectivity index (χ3n) is 3.46. The van der Waals surface area contributed by atoms with E-state index in [1.807, 2.05) is 6.92 Å². The van der Waals surface area contributed by atoms with Gasteiger partial charge in [0.25, 0.3) is 5.91 Å². The highest BCUT2D eigenvalue weighted by molar-refractivity contribution is 5.97. The zero-order valence-corrected chi connectivity index (χ0v) is 13.3. The van der Waals surface area contributed by atoms with Crippen LogP contribution in [-0.4, -0.2) is 18.0 Å². The summed E-state index contributed by atoms with van der Waals surface area (Å²) in [6.45, 7) is 3.31. The Morgan fingerprint density at radius 1 is 1.08 bits per heavy atom. The maximum absolute atomic E-state index is 13.5. The Kier molecular flexibility index (Phi) is 5.63. The van der Waals surface area contributed by atoms with E-state index in [0.29, 0.717) is 5.56 Å². The molecule has 0 saturated carbocycles. The number of anilines is 1. The molecular formula is C18H17F2NO3. The van der Waals surface area contributed by atoms with Crippen LogP contribution in [0.3, 0.4) is 0 Å². The van der Waals surface area contributed by atoms with Gasteiger partial charge in [0.2, 0.25) is 0 Å². The first-order valence-corrected chi connectivity index (χ1v) is 7.47. The van der Waals surface area contributed by atoms with Gasteiger partial charge >= 0.3 is 5.97 Å². The number of halogens is 2. The number of esters is 1. The van der Waals surface area contributed by atoms with Crippen LogP contribution in [0.4, 0.5) is 14.5 Å². The van der Waals surface area contributed by atoms with Gasteiger partial charge in [-0.05, 0) is 43.2 Å². The van der Waals surface area contributed by atoms with E-state index in [0.717, 1.165) is 24.1 Å². The smallest absolute Gasteiger partial charge is 0.338 e. The van der Waals surface area contributed by atoms with Crippen LogP contribution in [0.2, 0.25) is 0 Å². The number of nitrogens with one attached hydrogen (secondary N) is 1. The molecule has 0 bridgehead atoms. The SMILES string of the molecule is CCc1ccc(C(=O)OC(C)C(=O)Nc2c(F)cccc2F)cc1. The monoisotopic (exact) mass is 333 g/mol. The van der Waals surface area contributed by atoms with Gasteiger partial charge in [-0.15, -0.1) is 0 Å². The van der Waals surface area contributed by atoms with Gasteiger partial charge in [0.1, 0.15) is 17.3 Å². The second kappa shape index (κ2) is 7.68. The molecule has 0 spiro atoms. The summed E-state index contributed by atoms with van der Waals surface area (Å²) in [6.07, 6.45) is -0.370. The number of carbonyl (C=O) groups is 2. The van der Waals surface area contributed by atoms with Crippen molar-refractivity contribution in [1.82, 2.24) is 0 Å². The Morgan fingerprint density at radius 3 is 2.21 bits per heavy atom. The van der Waals surface area contributed by atoms with Gasteiger partial charge < -0.3 is 10.1 Å². The molecule has 0 aliphatic heterocycles. The van der Waals surface area contributed by atoms with Crippen LogP contribution >= 0.6 is 0 Å². The van der Waals surface area contributed by atoms with Crippen molar-refractivity contribution < 1.29 is 23.1 Å². The second-order valence-electron chi connectivity index (χ2n) is 5.18. The minimum absolute atomic E-state index is 0.295. The molecule has 6 heteroatoms. The third kappa shape index (κ3) is 4.16. The van der Waals surface area contributed by atoms with Crippen molar-refractivity contribution in [1.29, 1.82) is 0 Å². The van der Waals surface area contributed by atoms with Crippen LogP contribution in [0.1, 0.15) is 29.8 Å². The van der Waals surface area contributed by atoms with E-state index in [4.69, 9.17) is 4.74 Å². The minimum Gasteiger partial charge on any atom is -0.449 e. The number of ether oxygens (including phenoxy) is 1. The molecule has 0 saturated heterocycles. The number of amides is 1. The second-order valence-corrected chi connectivity index (χ2v) is 5.18. The number of hydrogen-bond acceptors (Lipinski definition) is 3. The lowest BCUT2D eigenvalue weighted by Gasteiger charge is -2.14. The third-order valence-corrected chi connectivity index (χ3v) is 3.46. The van der Waals surface area contributed by atoms with E-state index in [2.05, 4.69) is 5.32 Å². The summed E-state index contributed by atoms with van der Waals surface area (Å²) in [5.74, 6) is -3.32. The molecule has 1 unspecified atom stereocenters. The molecule has 1 N–H and O–H groups in total. The number of aryl methyl sites for hydroxylation is 1. The summed E-state index contributed by atoms with van der Waals surface area (Å²) in [6, 6.07) is 10.00. The van der Waals surface area contributed by atoms with Gasteiger partial charge in [-0.3, -0.25) is 4.79 Å². The van der Waals surface area contributed by atoms with Crippen molar-refractivity contribution in [3.63, 3.8) is 0 Å². The number of carbonyl (C=O) groups excluding carboxylic acids is 2. The zero-order chi connectivity index (χ0) is 17.7. The largest absolute Gasteiger partial charge is 0.449 e. The molecule has 2 aromatic carbocycles. The van der Waals surface area contributed by atoms with Crippen LogP contribution in [0.25, 0.3) is 0 Å². The van der Waals surface area contributed by atoms with Crippen LogP contribution in [0.5, 0.6) is 0 Å². The predicted molar refractivity (Wildman–Crippen MR) is 85.7 cm³/mol. The zero-order valence-electron chi connectivity index (χ0n) is 13.3. The summed E-state index contributed by atoms with van der Waals surface area (Å²) in [5, 5.41) is 2.09. The average molecular weight is 333 g/mol. The van der Waals surface area contributed by atoms with Crippen molar-refractivity contribution in [3.8, 4) is 0 Å². The van der Waals surface area contributed by atoms with Crippen LogP contribution in [0, 0.1) is 11.6 Å². The molecule has 126 valence electrons. The Balaban J connectivity index is 2.01. The topological polar surface area (TPSA) is 55.4 Å². The van der Waals surface area contributed by atoms with Crippen LogP contribution < -0.4 is 5.32 Å². The maximum atomic E-state index is 13.5. The molecule has 0 heterocycles. The van der Waals surface area contributed by atoms with E-state index in [1.54, 1.807) is 24.3 Å². The minimum atomic E-state index is -1.21. The van der Waals surface area contributed by atoms with Crippen molar-refractivity contribution in [2.24, 2.45) is 0 Å². The van der Waals surface area contributed by atoms with Gasteiger partial charge in [-0.1, -0.05) is 25.1 Å². The van der Waals surface area contributed by atoms with Crippen molar-refractivity contribution in [2.45, 2.75) is 26.4 Å². The molecule has 1 amide bonds. The first-order chi connectivity index (χ1) is 11.4. The Labute approximate surface area is 138 Å². The van der Waals surface area contributed by atoms with Crippen molar-refractivity contribution >= 4 is 17.6 Å². The van der Waals surface area contributed by atoms with Crippen molar-refractivity contribution in [3.05, 3.63) is 65.2 Å².